The number of hydrogen-bond acceptors (Lipinski definition) is 4. The first-order valence-corrected chi connectivity index (χ1v) is 9.52. The average molecular weight is 338 g/mol. The van der Waals surface area contributed by atoms with Crippen LogP contribution < -0.4 is 5.32 Å². The molecule has 1 aromatic rings. The van der Waals surface area contributed by atoms with Gasteiger partial charge in [0.1, 0.15) is 0 Å². The van der Waals surface area contributed by atoms with Crippen LogP contribution in [0.1, 0.15) is 31.7 Å². The molecule has 0 radical (unpaired) electrons. The molecule has 4 heteroatoms. The molecule has 132 valence electrons. The van der Waals surface area contributed by atoms with Crippen molar-refractivity contribution in [3.63, 3.8) is 0 Å². The molecule has 5 rings (SSSR count). The second-order valence-electron chi connectivity index (χ2n) is 8.18. The van der Waals surface area contributed by atoms with Crippen molar-refractivity contribution in [2.24, 2.45) is 11.3 Å². The van der Waals surface area contributed by atoms with Crippen LogP contribution >= 0.6 is 0 Å². The van der Waals surface area contributed by atoms with E-state index < -0.39 is 0 Å². The molecule has 0 bridgehead atoms. The number of hydrogen-bond donors (Lipinski definition) is 1. The molecule has 0 aromatic heterocycles. The number of carbonyl (C=O) groups excluding carboxylic acids is 1. The fourth-order valence-electron chi connectivity index (χ4n) is 6.59. The van der Waals surface area contributed by atoms with Crippen LogP contribution in [0.15, 0.2) is 36.4 Å². The van der Waals surface area contributed by atoms with Crippen LogP contribution in [0.3, 0.4) is 0 Å². The molecule has 1 saturated heterocycles. The van der Waals surface area contributed by atoms with Gasteiger partial charge in [-0.15, -0.1) is 0 Å². The standard InChI is InChI=1S/C21H26N2O2/c1-3-20-9-6-11-23-12-10-21(19(20)23)15-7-4-5-8-16(15)22-17(21)14(13-20)18(24)25-2/h4-9,14,17,19,22H,3,10-13H2,1-2H3/t14-,17+,19+,20+,21+/m1/s1. The van der Waals surface area contributed by atoms with Gasteiger partial charge < -0.3 is 10.1 Å². The molecule has 1 aromatic carbocycles. The Morgan fingerprint density at radius 3 is 3.04 bits per heavy atom. The van der Waals surface area contributed by atoms with Crippen molar-refractivity contribution in [1.82, 2.24) is 4.90 Å². The third kappa shape index (κ3) is 1.74. The van der Waals surface area contributed by atoms with E-state index in [0.29, 0.717) is 6.04 Å². The van der Waals surface area contributed by atoms with E-state index in [1.54, 1.807) is 0 Å². The number of fused-ring (bicyclic) bond motifs is 1. The summed E-state index contributed by atoms with van der Waals surface area (Å²) in [6.07, 6.45) is 7.80. The minimum Gasteiger partial charge on any atom is -0.469 e. The van der Waals surface area contributed by atoms with Gasteiger partial charge in [-0.1, -0.05) is 37.3 Å². The summed E-state index contributed by atoms with van der Waals surface area (Å²) in [5, 5.41) is 3.74. The van der Waals surface area contributed by atoms with Gasteiger partial charge in [0.15, 0.2) is 0 Å². The van der Waals surface area contributed by atoms with Crippen molar-refractivity contribution in [3.05, 3.63) is 42.0 Å². The first kappa shape index (κ1) is 15.4. The minimum atomic E-state index is -0.101. The molecule has 0 amide bonds. The Morgan fingerprint density at radius 1 is 1.40 bits per heavy atom. The average Bonchev–Trinajstić information content (AvgIpc) is 3.21. The first-order valence-electron chi connectivity index (χ1n) is 9.52. The van der Waals surface area contributed by atoms with Crippen molar-refractivity contribution >= 4 is 11.7 Å². The van der Waals surface area contributed by atoms with Crippen LogP contribution in [0.5, 0.6) is 0 Å². The fourth-order valence-corrected chi connectivity index (χ4v) is 6.59. The molecule has 4 nitrogen and oxygen atoms in total. The highest BCUT2D eigenvalue weighted by Gasteiger charge is 2.69. The Kier molecular flexibility index (Phi) is 3.15. The molecular weight excluding hydrogens is 312 g/mol. The quantitative estimate of drug-likeness (QED) is 0.665. The molecule has 4 aliphatic rings. The summed E-state index contributed by atoms with van der Waals surface area (Å²) in [5.74, 6) is -0.162. The van der Waals surface area contributed by atoms with Gasteiger partial charge >= 0.3 is 5.97 Å². The second-order valence-corrected chi connectivity index (χ2v) is 8.18. The number of nitrogens with zero attached hydrogens (tertiary/aromatic N) is 1. The SMILES string of the molecule is CC[C@]12C=CCN3CC[C@@]4(c5ccccc5N[C@H]4[C@H](C(=O)OC)C1)[C@@H]32. The van der Waals surface area contributed by atoms with Gasteiger partial charge in [0.05, 0.1) is 19.1 Å². The van der Waals surface area contributed by atoms with Gasteiger partial charge in [0.2, 0.25) is 0 Å². The van der Waals surface area contributed by atoms with Crippen LogP contribution in [-0.4, -0.2) is 43.2 Å². The van der Waals surface area contributed by atoms with Crippen molar-refractivity contribution < 1.29 is 9.53 Å². The third-order valence-electron chi connectivity index (χ3n) is 7.46. The number of ether oxygens (including phenoxy) is 1. The number of para-hydroxylation sites is 1. The highest BCUT2D eigenvalue weighted by molar-refractivity contribution is 5.78. The smallest absolute Gasteiger partial charge is 0.310 e. The van der Waals surface area contributed by atoms with Crippen molar-refractivity contribution in [1.29, 1.82) is 0 Å². The van der Waals surface area contributed by atoms with Crippen LogP contribution in [0.4, 0.5) is 5.69 Å². The van der Waals surface area contributed by atoms with Crippen LogP contribution in [0, 0.1) is 11.3 Å². The van der Waals surface area contributed by atoms with Crippen molar-refractivity contribution in [2.75, 3.05) is 25.5 Å². The number of esters is 1. The lowest BCUT2D eigenvalue weighted by atomic mass is 9.51. The van der Waals surface area contributed by atoms with E-state index in [4.69, 9.17) is 4.74 Å². The number of rotatable bonds is 2. The Morgan fingerprint density at radius 2 is 2.24 bits per heavy atom. The normalized spacial score (nSPS) is 40.8. The van der Waals surface area contributed by atoms with Gasteiger partial charge in [-0.05, 0) is 37.4 Å². The highest BCUT2D eigenvalue weighted by atomic mass is 16.5. The van der Waals surface area contributed by atoms with Crippen LogP contribution in [-0.2, 0) is 14.9 Å². The topological polar surface area (TPSA) is 41.6 Å². The summed E-state index contributed by atoms with van der Waals surface area (Å²) < 4.78 is 5.25. The van der Waals surface area contributed by atoms with E-state index in [9.17, 15) is 4.79 Å². The second kappa shape index (κ2) is 5.10. The van der Waals surface area contributed by atoms with Crippen molar-refractivity contribution in [3.8, 4) is 0 Å². The molecule has 3 aliphatic heterocycles. The van der Waals surface area contributed by atoms with E-state index in [1.165, 1.54) is 18.4 Å². The predicted octanol–water partition coefficient (Wildman–Crippen LogP) is 2.95. The summed E-state index contributed by atoms with van der Waals surface area (Å²) in [7, 11) is 1.53. The molecule has 1 N–H and O–H groups in total. The summed E-state index contributed by atoms with van der Waals surface area (Å²) in [5.41, 5.74) is 2.69. The Labute approximate surface area is 149 Å². The maximum absolute atomic E-state index is 12.8. The van der Waals surface area contributed by atoms with E-state index in [0.717, 1.165) is 32.4 Å². The predicted molar refractivity (Wildman–Crippen MR) is 97.5 cm³/mol. The number of methoxy groups -OCH3 is 1. The zero-order chi connectivity index (χ0) is 17.2. The lowest BCUT2D eigenvalue weighted by molar-refractivity contribution is -0.151. The Balaban J connectivity index is 1.75. The molecule has 25 heavy (non-hydrogen) atoms. The number of nitrogens with one attached hydrogen (secondary N) is 1. The molecular formula is C21H26N2O2. The Hall–Kier alpha value is -1.81. The van der Waals surface area contributed by atoms with Crippen LogP contribution in [0.25, 0.3) is 0 Å². The molecule has 0 unspecified atom stereocenters. The third-order valence-corrected chi connectivity index (χ3v) is 7.46. The lowest BCUT2D eigenvalue weighted by Crippen LogP contribution is -2.66. The highest BCUT2D eigenvalue weighted by Crippen LogP contribution is 2.64. The zero-order valence-corrected chi connectivity index (χ0v) is 15.0. The van der Waals surface area contributed by atoms with Crippen molar-refractivity contribution in [2.45, 2.75) is 43.7 Å². The van der Waals surface area contributed by atoms with E-state index in [-0.39, 0.29) is 28.8 Å². The summed E-state index contributed by atoms with van der Waals surface area (Å²) in [6, 6.07) is 9.30. The summed E-state index contributed by atoms with van der Waals surface area (Å²) in [6.45, 7) is 4.42. The number of benzene rings is 1. The van der Waals surface area contributed by atoms with Gasteiger partial charge in [-0.2, -0.15) is 0 Å². The fraction of sp³-hybridized carbons (Fsp3) is 0.571. The van der Waals surface area contributed by atoms with Gasteiger partial charge in [-0.25, -0.2) is 0 Å². The maximum Gasteiger partial charge on any atom is 0.310 e. The summed E-state index contributed by atoms with van der Waals surface area (Å²) >= 11 is 0. The van der Waals surface area contributed by atoms with Gasteiger partial charge in [0, 0.05) is 29.1 Å². The number of anilines is 1. The molecule has 3 heterocycles. The number of carbonyl (C=O) groups is 1. The van der Waals surface area contributed by atoms with E-state index in [2.05, 4.69) is 53.6 Å². The first-order chi connectivity index (χ1) is 12.2. The van der Waals surface area contributed by atoms with Gasteiger partial charge in [0.25, 0.3) is 0 Å². The lowest BCUT2D eigenvalue weighted by Gasteiger charge is -2.57. The summed E-state index contributed by atoms with van der Waals surface area (Å²) in [4.78, 5) is 15.4. The minimum absolute atomic E-state index is 0.00840. The zero-order valence-electron chi connectivity index (χ0n) is 15.0. The molecule has 2 fully saturated rings. The van der Waals surface area contributed by atoms with Crippen LogP contribution in [0.2, 0.25) is 0 Å². The van der Waals surface area contributed by atoms with Gasteiger partial charge in [-0.3, -0.25) is 9.69 Å². The van der Waals surface area contributed by atoms with E-state index in [1.807, 2.05) is 0 Å². The van der Waals surface area contributed by atoms with E-state index >= 15 is 0 Å². The Bertz CT molecular complexity index is 760. The molecule has 1 aliphatic carbocycles. The monoisotopic (exact) mass is 338 g/mol. The largest absolute Gasteiger partial charge is 0.469 e. The maximum atomic E-state index is 12.8. The molecule has 1 saturated carbocycles. The molecule has 5 atom stereocenters. The molecule has 1 spiro atoms.